The lowest BCUT2D eigenvalue weighted by atomic mass is 9.80. The van der Waals surface area contributed by atoms with Crippen LogP contribution in [0.25, 0.3) is 0 Å². The third-order valence-electron chi connectivity index (χ3n) is 5.26. The molecule has 7 nitrogen and oxygen atoms in total. The van der Waals surface area contributed by atoms with Gasteiger partial charge < -0.3 is 34.3 Å². The molecule has 0 aliphatic carbocycles. The fourth-order valence-corrected chi connectivity index (χ4v) is 3.73. The van der Waals surface area contributed by atoms with E-state index in [0.717, 1.165) is 11.1 Å². The van der Waals surface area contributed by atoms with E-state index in [1.807, 2.05) is 12.1 Å². The van der Waals surface area contributed by atoms with Crippen LogP contribution in [-0.4, -0.2) is 55.5 Å². The van der Waals surface area contributed by atoms with E-state index < -0.39 is 17.6 Å². The predicted molar refractivity (Wildman–Crippen MR) is 102 cm³/mol. The van der Waals surface area contributed by atoms with Crippen LogP contribution in [0, 0.1) is 5.92 Å². The number of hydrogen-bond acceptors (Lipinski definition) is 7. The molecule has 1 fully saturated rings. The van der Waals surface area contributed by atoms with Gasteiger partial charge in [-0.05, 0) is 35.4 Å². The quantitative estimate of drug-likeness (QED) is 0.666. The molecule has 0 aromatic heterocycles. The smallest absolute Gasteiger partial charge is 0.160 e. The highest BCUT2D eigenvalue weighted by Gasteiger charge is 2.49. The van der Waals surface area contributed by atoms with E-state index in [1.165, 1.54) is 13.2 Å². The largest absolute Gasteiger partial charge is 0.504 e. The molecule has 3 rings (SSSR count). The topological polar surface area (TPSA) is 97.6 Å². The average molecular weight is 390 g/mol. The van der Waals surface area contributed by atoms with Crippen molar-refractivity contribution in [2.75, 3.05) is 34.5 Å². The van der Waals surface area contributed by atoms with Gasteiger partial charge in [0.1, 0.15) is 0 Å². The van der Waals surface area contributed by atoms with Crippen molar-refractivity contribution in [2.24, 2.45) is 5.92 Å². The third-order valence-corrected chi connectivity index (χ3v) is 5.26. The molecule has 2 aromatic rings. The summed E-state index contributed by atoms with van der Waals surface area (Å²) in [7, 11) is 4.58. The van der Waals surface area contributed by atoms with Crippen LogP contribution in [0.1, 0.15) is 17.2 Å². The molecule has 1 aliphatic heterocycles. The summed E-state index contributed by atoms with van der Waals surface area (Å²) >= 11 is 0. The van der Waals surface area contributed by atoms with Crippen molar-refractivity contribution in [2.45, 2.75) is 18.1 Å². The molecule has 0 spiro atoms. The summed E-state index contributed by atoms with van der Waals surface area (Å²) < 4.78 is 21.6. The van der Waals surface area contributed by atoms with Crippen molar-refractivity contribution in [1.82, 2.24) is 0 Å². The van der Waals surface area contributed by atoms with Crippen LogP contribution >= 0.6 is 0 Å². The number of phenolic OH excluding ortho intramolecular Hbond substituents is 1. The molecule has 0 amide bonds. The molecule has 1 heterocycles. The Labute approximate surface area is 164 Å². The molecule has 7 heteroatoms. The number of phenols is 1. The van der Waals surface area contributed by atoms with Gasteiger partial charge in [-0.1, -0.05) is 12.1 Å². The normalized spacial score (nSPS) is 24.2. The number of benzene rings is 2. The maximum atomic E-state index is 11.3. The maximum Gasteiger partial charge on any atom is 0.160 e. The van der Waals surface area contributed by atoms with Crippen molar-refractivity contribution in [3.8, 4) is 23.0 Å². The van der Waals surface area contributed by atoms with Crippen molar-refractivity contribution in [3.05, 3.63) is 47.5 Å². The Morgan fingerprint density at radius 1 is 1.00 bits per heavy atom. The monoisotopic (exact) mass is 390 g/mol. The van der Waals surface area contributed by atoms with E-state index in [2.05, 4.69) is 0 Å². The van der Waals surface area contributed by atoms with Crippen molar-refractivity contribution >= 4 is 0 Å². The van der Waals surface area contributed by atoms with E-state index in [4.69, 9.17) is 18.9 Å². The lowest BCUT2D eigenvalue weighted by Gasteiger charge is -2.29. The Hall–Kier alpha value is -2.48. The zero-order chi connectivity index (χ0) is 20.3. The number of aliphatic hydroxyl groups is 2. The Balaban J connectivity index is 1.86. The van der Waals surface area contributed by atoms with Gasteiger partial charge in [-0.3, -0.25) is 0 Å². The summed E-state index contributed by atoms with van der Waals surface area (Å²) in [4.78, 5) is 0. The van der Waals surface area contributed by atoms with Crippen LogP contribution in [0.15, 0.2) is 36.4 Å². The Bertz CT molecular complexity index is 822. The standard InChI is InChI=1S/C21H26O7/c1-25-17-7-4-13(8-19(17)27-3)10-21(24)12-28-20(15(21)11-22)14-5-6-16(23)18(9-14)26-2/h4-9,15,20,22-24H,10-12H2,1-3H3/t15-,20-,21-/m0/s1. The summed E-state index contributed by atoms with van der Waals surface area (Å²) in [6.07, 6.45) is -0.241. The summed E-state index contributed by atoms with van der Waals surface area (Å²) in [6.45, 7) is -0.182. The molecular formula is C21H26O7. The van der Waals surface area contributed by atoms with E-state index in [9.17, 15) is 15.3 Å². The van der Waals surface area contributed by atoms with Crippen molar-refractivity contribution in [1.29, 1.82) is 0 Å². The molecule has 152 valence electrons. The highest BCUT2D eigenvalue weighted by molar-refractivity contribution is 5.44. The van der Waals surface area contributed by atoms with Gasteiger partial charge in [0.2, 0.25) is 0 Å². The molecular weight excluding hydrogens is 364 g/mol. The lowest BCUT2D eigenvalue weighted by molar-refractivity contribution is -0.0150. The highest BCUT2D eigenvalue weighted by atomic mass is 16.5. The van der Waals surface area contributed by atoms with E-state index in [-0.39, 0.29) is 25.4 Å². The molecule has 0 bridgehead atoms. The molecule has 0 unspecified atom stereocenters. The number of ether oxygens (including phenoxy) is 4. The first kappa shape index (κ1) is 20.3. The second kappa shape index (κ2) is 8.26. The van der Waals surface area contributed by atoms with Gasteiger partial charge >= 0.3 is 0 Å². The van der Waals surface area contributed by atoms with Gasteiger partial charge in [-0.25, -0.2) is 0 Å². The van der Waals surface area contributed by atoms with Crippen LogP contribution in [0.3, 0.4) is 0 Å². The summed E-state index contributed by atoms with van der Waals surface area (Å²) in [5, 5.41) is 31.1. The van der Waals surface area contributed by atoms with E-state index in [1.54, 1.807) is 32.4 Å². The zero-order valence-electron chi connectivity index (χ0n) is 16.2. The molecule has 1 aliphatic rings. The second-order valence-corrected chi connectivity index (χ2v) is 6.92. The fraction of sp³-hybridized carbons (Fsp3) is 0.429. The Morgan fingerprint density at radius 2 is 1.71 bits per heavy atom. The zero-order valence-corrected chi connectivity index (χ0v) is 16.2. The first-order valence-electron chi connectivity index (χ1n) is 8.98. The van der Waals surface area contributed by atoms with Gasteiger partial charge in [-0.2, -0.15) is 0 Å². The van der Waals surface area contributed by atoms with Crippen LogP contribution in [0.4, 0.5) is 0 Å². The molecule has 3 atom stereocenters. The molecule has 0 saturated carbocycles. The van der Waals surface area contributed by atoms with Gasteiger partial charge in [0.15, 0.2) is 23.0 Å². The molecule has 1 saturated heterocycles. The van der Waals surface area contributed by atoms with Crippen LogP contribution in [-0.2, 0) is 11.2 Å². The Kier molecular flexibility index (Phi) is 5.98. The molecule has 3 N–H and O–H groups in total. The SMILES string of the molecule is COc1cc([C@@H]2OC[C@@](O)(Cc3ccc(OC)c(OC)c3)[C@H]2CO)ccc1O. The minimum atomic E-state index is -1.26. The summed E-state index contributed by atoms with van der Waals surface area (Å²) in [5.41, 5.74) is 0.299. The number of hydrogen-bond donors (Lipinski definition) is 3. The third kappa shape index (κ3) is 3.73. The van der Waals surface area contributed by atoms with Crippen molar-refractivity contribution in [3.63, 3.8) is 0 Å². The minimum Gasteiger partial charge on any atom is -0.504 e. The van der Waals surface area contributed by atoms with Crippen LogP contribution < -0.4 is 14.2 Å². The highest BCUT2D eigenvalue weighted by Crippen LogP contribution is 2.44. The number of aliphatic hydroxyl groups excluding tert-OH is 1. The second-order valence-electron chi connectivity index (χ2n) is 6.92. The first-order chi connectivity index (χ1) is 13.5. The number of methoxy groups -OCH3 is 3. The maximum absolute atomic E-state index is 11.3. The van der Waals surface area contributed by atoms with Gasteiger partial charge in [0.25, 0.3) is 0 Å². The van der Waals surface area contributed by atoms with E-state index >= 15 is 0 Å². The molecule has 2 aromatic carbocycles. The van der Waals surface area contributed by atoms with Crippen LogP contribution in [0.2, 0.25) is 0 Å². The predicted octanol–water partition coefficient (Wildman–Crippen LogP) is 2.07. The first-order valence-corrected chi connectivity index (χ1v) is 8.98. The minimum absolute atomic E-state index is 0.0189. The average Bonchev–Trinajstić information content (AvgIpc) is 3.04. The number of rotatable bonds is 7. The number of aromatic hydroxyl groups is 1. The Morgan fingerprint density at radius 3 is 2.36 bits per heavy atom. The fourth-order valence-electron chi connectivity index (χ4n) is 3.73. The van der Waals surface area contributed by atoms with Gasteiger partial charge in [0.05, 0.1) is 46.2 Å². The molecule has 0 radical (unpaired) electrons. The van der Waals surface area contributed by atoms with Gasteiger partial charge in [0, 0.05) is 12.3 Å². The lowest BCUT2D eigenvalue weighted by Crippen LogP contribution is -2.41. The summed E-state index contributed by atoms with van der Waals surface area (Å²) in [5.74, 6) is 0.963. The van der Waals surface area contributed by atoms with Crippen molar-refractivity contribution < 1.29 is 34.3 Å². The van der Waals surface area contributed by atoms with E-state index in [0.29, 0.717) is 17.2 Å². The summed E-state index contributed by atoms with van der Waals surface area (Å²) in [6, 6.07) is 10.3. The molecule has 28 heavy (non-hydrogen) atoms. The van der Waals surface area contributed by atoms with Gasteiger partial charge in [-0.15, -0.1) is 0 Å². The van der Waals surface area contributed by atoms with Crippen LogP contribution in [0.5, 0.6) is 23.0 Å².